The highest BCUT2D eigenvalue weighted by Crippen LogP contribution is 2.28. The lowest BCUT2D eigenvalue weighted by molar-refractivity contribution is -0.122. The Kier molecular flexibility index (Phi) is 4.62. The van der Waals surface area contributed by atoms with Crippen molar-refractivity contribution < 1.29 is 9.59 Å². The van der Waals surface area contributed by atoms with Crippen LogP contribution >= 0.6 is 0 Å². The highest BCUT2D eigenvalue weighted by atomic mass is 16.2. The third kappa shape index (κ3) is 3.58. The standard InChI is InChI=1S/C21H24N2O2/c1-13-8-14(2)10-18(9-13)23-12-17(11-20(23)24)21(25)22-19-7-5-6-15(3)16(19)4/h5-10,17H,11-12H2,1-4H3,(H,22,25)/t17-/m0/s1. The number of amides is 2. The highest BCUT2D eigenvalue weighted by molar-refractivity contribution is 6.03. The second-order valence-electron chi connectivity index (χ2n) is 6.99. The lowest BCUT2D eigenvalue weighted by Gasteiger charge is -2.18. The summed E-state index contributed by atoms with van der Waals surface area (Å²) in [6.45, 7) is 8.47. The number of nitrogens with zero attached hydrogens (tertiary/aromatic N) is 1. The minimum Gasteiger partial charge on any atom is -0.326 e. The Morgan fingerprint density at radius 1 is 1.08 bits per heavy atom. The van der Waals surface area contributed by atoms with Gasteiger partial charge in [-0.3, -0.25) is 9.59 Å². The lowest BCUT2D eigenvalue weighted by atomic mass is 10.1. The molecule has 1 aliphatic heterocycles. The van der Waals surface area contributed by atoms with Crippen LogP contribution in [0.15, 0.2) is 36.4 Å². The van der Waals surface area contributed by atoms with Gasteiger partial charge in [-0.2, -0.15) is 0 Å². The summed E-state index contributed by atoms with van der Waals surface area (Å²) in [6, 6.07) is 11.9. The number of nitrogens with one attached hydrogen (secondary N) is 1. The molecule has 130 valence electrons. The molecule has 4 nitrogen and oxygen atoms in total. The fraction of sp³-hybridized carbons (Fsp3) is 0.333. The Hall–Kier alpha value is -2.62. The third-order valence-corrected chi connectivity index (χ3v) is 4.88. The van der Waals surface area contributed by atoms with Gasteiger partial charge in [0.25, 0.3) is 0 Å². The zero-order valence-electron chi connectivity index (χ0n) is 15.2. The molecule has 0 radical (unpaired) electrons. The van der Waals surface area contributed by atoms with E-state index in [2.05, 4.69) is 11.4 Å². The first-order valence-corrected chi connectivity index (χ1v) is 8.61. The van der Waals surface area contributed by atoms with Crippen LogP contribution in [0.2, 0.25) is 0 Å². The van der Waals surface area contributed by atoms with E-state index in [-0.39, 0.29) is 24.2 Å². The van der Waals surface area contributed by atoms with Crippen molar-refractivity contribution in [3.05, 3.63) is 58.7 Å². The SMILES string of the molecule is Cc1cc(C)cc(N2C[C@@H](C(=O)Nc3cccc(C)c3C)CC2=O)c1. The van der Waals surface area contributed by atoms with Crippen LogP contribution in [-0.2, 0) is 9.59 Å². The van der Waals surface area contributed by atoms with Gasteiger partial charge in [-0.15, -0.1) is 0 Å². The topological polar surface area (TPSA) is 49.4 Å². The molecule has 2 amide bonds. The van der Waals surface area contributed by atoms with Crippen LogP contribution in [0.3, 0.4) is 0 Å². The van der Waals surface area contributed by atoms with Gasteiger partial charge in [0.15, 0.2) is 0 Å². The van der Waals surface area contributed by atoms with Crippen LogP contribution in [0.4, 0.5) is 11.4 Å². The molecule has 3 rings (SSSR count). The minimum atomic E-state index is -0.326. The van der Waals surface area contributed by atoms with E-state index in [4.69, 9.17) is 0 Å². The van der Waals surface area contributed by atoms with Crippen molar-refractivity contribution in [2.75, 3.05) is 16.8 Å². The number of aryl methyl sites for hydroxylation is 3. The maximum absolute atomic E-state index is 12.6. The molecule has 4 heteroatoms. The van der Waals surface area contributed by atoms with Crippen LogP contribution in [0.1, 0.15) is 28.7 Å². The van der Waals surface area contributed by atoms with Gasteiger partial charge >= 0.3 is 0 Å². The number of hydrogen-bond donors (Lipinski definition) is 1. The summed E-state index contributed by atoms with van der Waals surface area (Å²) in [5, 5.41) is 2.99. The molecule has 0 saturated carbocycles. The fourth-order valence-corrected chi connectivity index (χ4v) is 3.36. The average molecular weight is 336 g/mol. The molecule has 1 heterocycles. The Bertz CT molecular complexity index is 822. The number of carbonyl (C=O) groups is 2. The fourth-order valence-electron chi connectivity index (χ4n) is 3.36. The summed E-state index contributed by atoms with van der Waals surface area (Å²) in [5.41, 5.74) is 6.13. The predicted octanol–water partition coefficient (Wildman–Crippen LogP) is 3.91. The van der Waals surface area contributed by atoms with E-state index in [1.807, 2.05) is 58.0 Å². The van der Waals surface area contributed by atoms with Crippen LogP contribution in [0.25, 0.3) is 0 Å². The molecule has 0 aromatic heterocycles. The van der Waals surface area contributed by atoms with Crippen LogP contribution in [0, 0.1) is 33.6 Å². The first-order valence-electron chi connectivity index (χ1n) is 8.61. The zero-order chi connectivity index (χ0) is 18.1. The van der Waals surface area contributed by atoms with E-state index in [9.17, 15) is 9.59 Å². The normalized spacial score (nSPS) is 17.0. The van der Waals surface area contributed by atoms with E-state index in [0.717, 1.165) is 33.6 Å². The molecule has 25 heavy (non-hydrogen) atoms. The molecule has 2 aromatic carbocycles. The molecule has 0 spiro atoms. The molecular weight excluding hydrogens is 312 g/mol. The summed E-state index contributed by atoms with van der Waals surface area (Å²) in [7, 11) is 0. The summed E-state index contributed by atoms with van der Waals surface area (Å²) >= 11 is 0. The van der Waals surface area contributed by atoms with Crippen molar-refractivity contribution in [3.8, 4) is 0 Å². The van der Waals surface area contributed by atoms with Crippen molar-refractivity contribution >= 4 is 23.2 Å². The molecule has 1 atom stereocenters. The van der Waals surface area contributed by atoms with Crippen molar-refractivity contribution in [2.45, 2.75) is 34.1 Å². The number of carbonyl (C=O) groups excluding carboxylic acids is 2. The number of anilines is 2. The Morgan fingerprint density at radius 2 is 1.76 bits per heavy atom. The molecule has 1 fully saturated rings. The zero-order valence-corrected chi connectivity index (χ0v) is 15.2. The summed E-state index contributed by atoms with van der Waals surface area (Å²) in [6.07, 6.45) is 0.254. The Labute approximate surface area is 148 Å². The smallest absolute Gasteiger partial charge is 0.229 e. The second-order valence-corrected chi connectivity index (χ2v) is 6.99. The van der Waals surface area contributed by atoms with Crippen molar-refractivity contribution in [3.63, 3.8) is 0 Å². The summed E-state index contributed by atoms with van der Waals surface area (Å²) in [5.74, 6) is -0.409. The van der Waals surface area contributed by atoms with Gasteiger partial charge in [0, 0.05) is 24.3 Å². The Morgan fingerprint density at radius 3 is 2.44 bits per heavy atom. The van der Waals surface area contributed by atoms with Gasteiger partial charge in [-0.1, -0.05) is 18.2 Å². The molecule has 0 bridgehead atoms. The molecule has 1 N–H and O–H groups in total. The largest absolute Gasteiger partial charge is 0.326 e. The monoisotopic (exact) mass is 336 g/mol. The van der Waals surface area contributed by atoms with E-state index < -0.39 is 0 Å². The molecular formula is C21H24N2O2. The summed E-state index contributed by atoms with van der Waals surface area (Å²) in [4.78, 5) is 26.8. The predicted molar refractivity (Wildman–Crippen MR) is 101 cm³/mol. The van der Waals surface area contributed by atoms with Gasteiger partial charge in [-0.25, -0.2) is 0 Å². The van der Waals surface area contributed by atoms with Gasteiger partial charge in [0.1, 0.15) is 0 Å². The van der Waals surface area contributed by atoms with Crippen LogP contribution in [0.5, 0.6) is 0 Å². The van der Waals surface area contributed by atoms with E-state index in [1.165, 1.54) is 0 Å². The Balaban J connectivity index is 1.75. The molecule has 1 aliphatic rings. The van der Waals surface area contributed by atoms with Crippen molar-refractivity contribution in [1.29, 1.82) is 0 Å². The molecule has 0 unspecified atom stereocenters. The van der Waals surface area contributed by atoms with Crippen LogP contribution < -0.4 is 10.2 Å². The van der Waals surface area contributed by atoms with Crippen LogP contribution in [-0.4, -0.2) is 18.4 Å². The first-order chi connectivity index (χ1) is 11.8. The quantitative estimate of drug-likeness (QED) is 0.924. The van der Waals surface area contributed by atoms with E-state index in [0.29, 0.717) is 6.54 Å². The number of rotatable bonds is 3. The van der Waals surface area contributed by atoms with E-state index >= 15 is 0 Å². The molecule has 2 aromatic rings. The minimum absolute atomic E-state index is 0.00566. The van der Waals surface area contributed by atoms with E-state index in [1.54, 1.807) is 4.90 Å². The van der Waals surface area contributed by atoms with Crippen molar-refractivity contribution in [1.82, 2.24) is 0 Å². The second kappa shape index (κ2) is 6.71. The lowest BCUT2D eigenvalue weighted by Crippen LogP contribution is -2.28. The maximum Gasteiger partial charge on any atom is 0.229 e. The number of benzene rings is 2. The van der Waals surface area contributed by atoms with Crippen molar-refractivity contribution in [2.24, 2.45) is 5.92 Å². The number of hydrogen-bond acceptors (Lipinski definition) is 2. The van der Waals surface area contributed by atoms with Gasteiger partial charge in [-0.05, 0) is 68.1 Å². The molecule has 1 saturated heterocycles. The highest BCUT2D eigenvalue weighted by Gasteiger charge is 2.35. The van der Waals surface area contributed by atoms with Gasteiger partial charge in [0.05, 0.1) is 5.92 Å². The van der Waals surface area contributed by atoms with Gasteiger partial charge in [0.2, 0.25) is 11.8 Å². The molecule has 0 aliphatic carbocycles. The summed E-state index contributed by atoms with van der Waals surface area (Å²) < 4.78 is 0. The average Bonchev–Trinajstić information content (AvgIpc) is 2.93. The maximum atomic E-state index is 12.6. The third-order valence-electron chi connectivity index (χ3n) is 4.88. The first kappa shape index (κ1) is 17.2. The van der Waals surface area contributed by atoms with Gasteiger partial charge < -0.3 is 10.2 Å².